The lowest BCUT2D eigenvalue weighted by molar-refractivity contribution is 0.0201. The maximum Gasteiger partial charge on any atom is 0.141 e. The third-order valence-electron chi connectivity index (χ3n) is 3.17. The molecule has 0 unspecified atom stereocenters. The molecule has 1 aromatic rings. The van der Waals surface area contributed by atoms with Crippen LogP contribution in [0.15, 0.2) is 18.5 Å². The lowest BCUT2D eigenvalue weighted by Crippen LogP contribution is -2.25. The number of halogens is 1. The normalized spacial score (nSPS) is 20.9. The van der Waals surface area contributed by atoms with E-state index in [-0.39, 0.29) is 5.82 Å². The number of aromatic nitrogens is 1. The molecule has 0 bridgehead atoms. The van der Waals surface area contributed by atoms with Crippen LogP contribution in [0.1, 0.15) is 44.1 Å². The molecule has 15 heavy (non-hydrogen) atoms. The van der Waals surface area contributed by atoms with Crippen LogP contribution in [-0.4, -0.2) is 10.1 Å². The van der Waals surface area contributed by atoms with Crippen LogP contribution in [-0.2, 0) is 5.60 Å². The molecule has 1 N–H and O–H groups in total. The standard InChI is InChI=1S/C12H16FNO/c13-11-7-10(8-14-9-11)12(15)5-3-1-2-4-6-12/h7-9,15H,1-6H2. The number of nitrogens with zero attached hydrogens (tertiary/aromatic N) is 1. The zero-order chi connectivity index (χ0) is 10.7. The Morgan fingerprint density at radius 1 is 1.13 bits per heavy atom. The molecule has 0 saturated heterocycles. The van der Waals surface area contributed by atoms with Crippen molar-refractivity contribution in [2.24, 2.45) is 0 Å². The summed E-state index contributed by atoms with van der Waals surface area (Å²) >= 11 is 0. The van der Waals surface area contributed by atoms with Gasteiger partial charge in [0.05, 0.1) is 11.8 Å². The van der Waals surface area contributed by atoms with Gasteiger partial charge in [0, 0.05) is 11.8 Å². The Bertz CT molecular complexity index is 332. The van der Waals surface area contributed by atoms with Crippen molar-refractivity contribution in [1.29, 1.82) is 0 Å². The van der Waals surface area contributed by atoms with Gasteiger partial charge < -0.3 is 5.11 Å². The molecule has 3 heteroatoms. The van der Waals surface area contributed by atoms with Crippen LogP contribution < -0.4 is 0 Å². The van der Waals surface area contributed by atoms with E-state index in [9.17, 15) is 9.50 Å². The number of hydrogen-bond acceptors (Lipinski definition) is 2. The maximum atomic E-state index is 13.0. The first-order valence-electron chi connectivity index (χ1n) is 5.54. The Morgan fingerprint density at radius 3 is 2.40 bits per heavy atom. The lowest BCUT2D eigenvalue weighted by atomic mass is 9.88. The van der Waals surface area contributed by atoms with Crippen molar-refractivity contribution in [3.05, 3.63) is 29.8 Å². The second-order valence-corrected chi connectivity index (χ2v) is 4.34. The van der Waals surface area contributed by atoms with E-state index in [0.29, 0.717) is 5.56 Å². The van der Waals surface area contributed by atoms with E-state index in [1.807, 2.05) is 0 Å². The number of aliphatic hydroxyl groups is 1. The van der Waals surface area contributed by atoms with Crippen molar-refractivity contribution in [3.8, 4) is 0 Å². The second-order valence-electron chi connectivity index (χ2n) is 4.34. The highest BCUT2D eigenvalue weighted by Gasteiger charge is 2.30. The van der Waals surface area contributed by atoms with Crippen LogP contribution in [0.2, 0.25) is 0 Å². The average Bonchev–Trinajstić information content (AvgIpc) is 2.44. The molecule has 1 saturated carbocycles. The topological polar surface area (TPSA) is 33.1 Å². The summed E-state index contributed by atoms with van der Waals surface area (Å²) in [5.41, 5.74) is -0.226. The minimum Gasteiger partial charge on any atom is -0.385 e. The number of pyridine rings is 1. The van der Waals surface area contributed by atoms with E-state index in [2.05, 4.69) is 4.98 Å². The Balaban J connectivity index is 2.26. The van der Waals surface area contributed by atoms with Crippen molar-refractivity contribution < 1.29 is 9.50 Å². The number of rotatable bonds is 1. The van der Waals surface area contributed by atoms with E-state index in [1.165, 1.54) is 12.3 Å². The smallest absolute Gasteiger partial charge is 0.141 e. The first kappa shape index (κ1) is 10.6. The van der Waals surface area contributed by atoms with Crippen LogP contribution in [0.5, 0.6) is 0 Å². The van der Waals surface area contributed by atoms with Gasteiger partial charge in [-0.1, -0.05) is 25.7 Å². The van der Waals surface area contributed by atoms with Gasteiger partial charge in [0.15, 0.2) is 0 Å². The van der Waals surface area contributed by atoms with Gasteiger partial charge in [-0.2, -0.15) is 0 Å². The molecule has 2 rings (SSSR count). The molecule has 0 aliphatic heterocycles. The third-order valence-corrected chi connectivity index (χ3v) is 3.17. The Hall–Kier alpha value is -0.960. The minimum atomic E-state index is -0.856. The molecule has 0 amide bonds. The minimum absolute atomic E-state index is 0.370. The fourth-order valence-electron chi connectivity index (χ4n) is 2.27. The quantitative estimate of drug-likeness (QED) is 0.721. The first-order valence-corrected chi connectivity index (χ1v) is 5.54. The van der Waals surface area contributed by atoms with Gasteiger partial charge in [0.1, 0.15) is 5.82 Å². The molecule has 0 aromatic carbocycles. The SMILES string of the molecule is OC1(c2cncc(F)c2)CCCCCC1. The van der Waals surface area contributed by atoms with Gasteiger partial charge in [0.2, 0.25) is 0 Å². The number of hydrogen-bond donors (Lipinski definition) is 1. The summed E-state index contributed by atoms with van der Waals surface area (Å²) in [4.78, 5) is 3.80. The zero-order valence-corrected chi connectivity index (χ0v) is 8.75. The van der Waals surface area contributed by atoms with Crippen molar-refractivity contribution in [2.75, 3.05) is 0 Å². The monoisotopic (exact) mass is 209 g/mol. The van der Waals surface area contributed by atoms with E-state index in [4.69, 9.17) is 0 Å². The molecule has 1 aliphatic carbocycles. The summed E-state index contributed by atoms with van der Waals surface area (Å²) in [6.45, 7) is 0. The Kier molecular flexibility index (Phi) is 3.00. The van der Waals surface area contributed by atoms with E-state index < -0.39 is 5.60 Å². The zero-order valence-electron chi connectivity index (χ0n) is 8.75. The van der Waals surface area contributed by atoms with Gasteiger partial charge in [0.25, 0.3) is 0 Å². The van der Waals surface area contributed by atoms with Gasteiger partial charge >= 0.3 is 0 Å². The fourth-order valence-corrected chi connectivity index (χ4v) is 2.27. The molecule has 0 atom stereocenters. The molecule has 0 radical (unpaired) electrons. The van der Waals surface area contributed by atoms with Gasteiger partial charge in [-0.05, 0) is 18.9 Å². The fraction of sp³-hybridized carbons (Fsp3) is 0.583. The molecule has 2 nitrogen and oxygen atoms in total. The lowest BCUT2D eigenvalue weighted by Gasteiger charge is -2.26. The van der Waals surface area contributed by atoms with Crippen molar-refractivity contribution in [1.82, 2.24) is 4.98 Å². The van der Waals surface area contributed by atoms with Crippen LogP contribution in [0.4, 0.5) is 4.39 Å². The predicted octanol–water partition coefficient (Wildman–Crippen LogP) is 2.76. The highest BCUT2D eigenvalue weighted by atomic mass is 19.1. The molecular formula is C12H16FNO. The van der Waals surface area contributed by atoms with Crippen LogP contribution >= 0.6 is 0 Å². The molecule has 1 aromatic heterocycles. The van der Waals surface area contributed by atoms with E-state index in [0.717, 1.165) is 38.5 Å². The summed E-state index contributed by atoms with van der Waals surface area (Å²) in [6, 6.07) is 1.40. The Morgan fingerprint density at radius 2 is 1.80 bits per heavy atom. The molecule has 82 valence electrons. The van der Waals surface area contributed by atoms with Crippen LogP contribution in [0.25, 0.3) is 0 Å². The third kappa shape index (κ3) is 2.34. The van der Waals surface area contributed by atoms with Crippen LogP contribution in [0, 0.1) is 5.82 Å². The summed E-state index contributed by atoms with van der Waals surface area (Å²) < 4.78 is 13.0. The maximum absolute atomic E-state index is 13.0. The van der Waals surface area contributed by atoms with Gasteiger partial charge in [-0.25, -0.2) is 4.39 Å². The van der Waals surface area contributed by atoms with Gasteiger partial charge in [-0.15, -0.1) is 0 Å². The molecule has 1 fully saturated rings. The average molecular weight is 209 g/mol. The molecule has 1 aliphatic rings. The largest absolute Gasteiger partial charge is 0.385 e. The summed E-state index contributed by atoms with van der Waals surface area (Å²) in [5.74, 6) is -0.370. The van der Waals surface area contributed by atoms with Crippen LogP contribution in [0.3, 0.4) is 0 Å². The highest BCUT2D eigenvalue weighted by molar-refractivity contribution is 5.19. The van der Waals surface area contributed by atoms with Crippen molar-refractivity contribution >= 4 is 0 Å². The highest BCUT2D eigenvalue weighted by Crippen LogP contribution is 2.35. The first-order chi connectivity index (χ1) is 7.21. The molecule has 0 spiro atoms. The van der Waals surface area contributed by atoms with Crippen molar-refractivity contribution in [2.45, 2.75) is 44.1 Å². The predicted molar refractivity (Wildman–Crippen MR) is 55.8 cm³/mol. The summed E-state index contributed by atoms with van der Waals surface area (Å²) in [6.07, 6.45) is 8.52. The molecule has 1 heterocycles. The summed E-state index contributed by atoms with van der Waals surface area (Å²) in [5, 5.41) is 10.4. The second kappa shape index (κ2) is 4.27. The summed E-state index contributed by atoms with van der Waals surface area (Å²) in [7, 11) is 0. The van der Waals surface area contributed by atoms with E-state index >= 15 is 0 Å². The van der Waals surface area contributed by atoms with E-state index in [1.54, 1.807) is 6.20 Å². The molecular weight excluding hydrogens is 193 g/mol. The van der Waals surface area contributed by atoms with Gasteiger partial charge in [-0.3, -0.25) is 4.98 Å². The van der Waals surface area contributed by atoms with Crippen molar-refractivity contribution in [3.63, 3.8) is 0 Å². The Labute approximate surface area is 89.2 Å².